The van der Waals surface area contributed by atoms with E-state index in [0.717, 1.165) is 17.3 Å². The molecule has 2 heterocycles. The first-order valence-corrected chi connectivity index (χ1v) is 9.87. The summed E-state index contributed by atoms with van der Waals surface area (Å²) in [6.45, 7) is 2.31. The number of benzene rings is 2. The first-order chi connectivity index (χ1) is 14.1. The molecule has 1 N–H and O–H groups in total. The average Bonchev–Trinajstić information content (AvgIpc) is 3.21. The van der Waals surface area contributed by atoms with Crippen LogP contribution in [0.5, 0.6) is 11.5 Å². The van der Waals surface area contributed by atoms with E-state index in [9.17, 15) is 9.18 Å². The van der Waals surface area contributed by atoms with E-state index in [1.165, 1.54) is 12.1 Å². The molecular formula is C20H18FN3O4S. The Bertz CT molecular complexity index is 995. The third-order valence-electron chi connectivity index (χ3n) is 4.23. The average molecular weight is 415 g/mol. The number of hydrogen-bond donors (Lipinski definition) is 1. The number of carbonyl (C=O) groups excluding carboxylic acids is 1. The van der Waals surface area contributed by atoms with Crippen LogP contribution in [0.3, 0.4) is 0 Å². The lowest BCUT2D eigenvalue weighted by Gasteiger charge is -2.23. The van der Waals surface area contributed by atoms with Crippen LogP contribution in [0, 0.1) is 5.82 Å². The van der Waals surface area contributed by atoms with E-state index in [-0.39, 0.29) is 23.6 Å². The number of fused-ring (bicyclic) bond motifs is 1. The number of para-hydroxylation sites is 2. The number of rotatable bonds is 6. The second-order valence-corrected chi connectivity index (χ2v) is 7.67. The Morgan fingerprint density at radius 1 is 1.21 bits per heavy atom. The molecule has 0 saturated carbocycles. The summed E-state index contributed by atoms with van der Waals surface area (Å²) in [5, 5.41) is 10.6. The molecule has 150 valence electrons. The molecular weight excluding hydrogens is 397 g/mol. The number of aromatic nitrogens is 2. The van der Waals surface area contributed by atoms with Crippen molar-refractivity contribution in [3.8, 4) is 11.5 Å². The largest absolute Gasteiger partial charge is 0.485 e. The van der Waals surface area contributed by atoms with Gasteiger partial charge in [0.1, 0.15) is 12.4 Å². The molecule has 0 bridgehead atoms. The molecule has 9 heteroatoms. The van der Waals surface area contributed by atoms with Crippen molar-refractivity contribution in [2.24, 2.45) is 0 Å². The maximum Gasteiger partial charge on any atom is 0.277 e. The standard InChI is InChI=1S/C20H18FN3O4S/c1-12(18(25)22-10-13-6-8-14(21)9-7-13)29-20-24-23-19(28-20)17-11-26-15-4-2-3-5-16(15)27-17/h2-9,12,17H,10-11H2,1H3,(H,22,25)/t12-,17+/m0/s1. The first-order valence-electron chi connectivity index (χ1n) is 8.99. The van der Waals surface area contributed by atoms with Gasteiger partial charge in [0.25, 0.3) is 11.1 Å². The highest BCUT2D eigenvalue weighted by atomic mass is 32.2. The number of nitrogens with zero attached hydrogens (tertiary/aromatic N) is 2. The molecule has 7 nitrogen and oxygen atoms in total. The van der Waals surface area contributed by atoms with Gasteiger partial charge in [-0.1, -0.05) is 36.0 Å². The Hall–Kier alpha value is -3.07. The quantitative estimate of drug-likeness (QED) is 0.617. The predicted octanol–water partition coefficient (Wildman–Crippen LogP) is 3.52. The lowest BCUT2D eigenvalue weighted by molar-refractivity contribution is -0.120. The number of ether oxygens (including phenoxy) is 2. The molecule has 0 saturated heterocycles. The molecule has 29 heavy (non-hydrogen) atoms. The van der Waals surface area contributed by atoms with Gasteiger partial charge in [-0.05, 0) is 36.8 Å². The second-order valence-electron chi connectivity index (χ2n) is 6.37. The molecule has 0 unspecified atom stereocenters. The zero-order valence-electron chi connectivity index (χ0n) is 15.5. The van der Waals surface area contributed by atoms with Gasteiger partial charge in [0, 0.05) is 6.54 Å². The minimum Gasteiger partial charge on any atom is -0.485 e. The highest BCUT2D eigenvalue weighted by Gasteiger charge is 2.28. The van der Waals surface area contributed by atoms with Crippen LogP contribution < -0.4 is 14.8 Å². The van der Waals surface area contributed by atoms with Gasteiger partial charge in [-0.15, -0.1) is 10.2 Å². The van der Waals surface area contributed by atoms with Gasteiger partial charge in [0.15, 0.2) is 11.5 Å². The van der Waals surface area contributed by atoms with Gasteiger partial charge in [-0.25, -0.2) is 4.39 Å². The maximum absolute atomic E-state index is 12.9. The Balaban J connectivity index is 1.31. The summed E-state index contributed by atoms with van der Waals surface area (Å²) in [6, 6.07) is 13.3. The number of nitrogens with one attached hydrogen (secondary N) is 1. The number of carbonyl (C=O) groups is 1. The fraction of sp³-hybridized carbons (Fsp3) is 0.250. The number of halogens is 1. The highest BCUT2D eigenvalue weighted by Crippen LogP contribution is 2.36. The molecule has 1 aliphatic rings. The van der Waals surface area contributed by atoms with Crippen LogP contribution in [0.15, 0.2) is 58.2 Å². The number of amides is 1. The van der Waals surface area contributed by atoms with Gasteiger partial charge < -0.3 is 19.2 Å². The predicted molar refractivity (Wildman–Crippen MR) is 103 cm³/mol. The van der Waals surface area contributed by atoms with Gasteiger partial charge in [-0.2, -0.15) is 0 Å². The Labute approximate surface area is 170 Å². The summed E-state index contributed by atoms with van der Waals surface area (Å²) in [4.78, 5) is 12.3. The van der Waals surface area contributed by atoms with E-state index < -0.39 is 11.4 Å². The van der Waals surface area contributed by atoms with Crippen LogP contribution in [0.1, 0.15) is 24.5 Å². The van der Waals surface area contributed by atoms with Gasteiger partial charge in [-0.3, -0.25) is 4.79 Å². The number of hydrogen-bond acceptors (Lipinski definition) is 7. The molecule has 0 fully saturated rings. The maximum atomic E-state index is 12.9. The third kappa shape index (κ3) is 4.68. The lowest BCUT2D eigenvalue weighted by atomic mass is 10.2. The molecule has 1 amide bonds. The minimum atomic E-state index is -0.505. The molecule has 2 aromatic carbocycles. The zero-order chi connectivity index (χ0) is 20.2. The molecule has 0 radical (unpaired) electrons. The fourth-order valence-corrected chi connectivity index (χ4v) is 3.39. The molecule has 4 rings (SSSR count). The van der Waals surface area contributed by atoms with Crippen molar-refractivity contribution in [2.45, 2.75) is 30.0 Å². The Morgan fingerprint density at radius 3 is 2.76 bits per heavy atom. The van der Waals surface area contributed by atoms with E-state index >= 15 is 0 Å². The van der Waals surface area contributed by atoms with Crippen LogP contribution in [0.25, 0.3) is 0 Å². The molecule has 2 atom stereocenters. The monoisotopic (exact) mass is 415 g/mol. The summed E-state index contributed by atoms with van der Waals surface area (Å²) in [7, 11) is 0. The van der Waals surface area contributed by atoms with Crippen molar-refractivity contribution in [1.82, 2.24) is 15.5 Å². The molecule has 0 spiro atoms. The zero-order valence-corrected chi connectivity index (χ0v) is 16.3. The van der Waals surface area contributed by atoms with Crippen LogP contribution in [0.2, 0.25) is 0 Å². The van der Waals surface area contributed by atoms with Crippen molar-refractivity contribution in [1.29, 1.82) is 0 Å². The summed E-state index contributed by atoms with van der Waals surface area (Å²) in [5.41, 5.74) is 0.812. The van der Waals surface area contributed by atoms with E-state index in [4.69, 9.17) is 13.9 Å². The molecule has 3 aromatic rings. The van der Waals surface area contributed by atoms with Crippen LogP contribution in [0.4, 0.5) is 4.39 Å². The highest BCUT2D eigenvalue weighted by molar-refractivity contribution is 8.00. The van der Waals surface area contributed by atoms with Crippen LogP contribution in [-0.2, 0) is 11.3 Å². The normalized spacial score (nSPS) is 16.3. The summed E-state index contributed by atoms with van der Waals surface area (Å²) in [5.74, 6) is 1.08. The topological polar surface area (TPSA) is 86.5 Å². The van der Waals surface area contributed by atoms with Crippen LogP contribution >= 0.6 is 11.8 Å². The molecule has 0 aliphatic carbocycles. The number of thioether (sulfide) groups is 1. The molecule has 1 aliphatic heterocycles. The lowest BCUT2D eigenvalue weighted by Crippen LogP contribution is -2.30. The van der Waals surface area contributed by atoms with E-state index in [1.807, 2.05) is 18.2 Å². The van der Waals surface area contributed by atoms with Crippen molar-refractivity contribution >= 4 is 17.7 Å². The third-order valence-corrected chi connectivity index (χ3v) is 5.17. The summed E-state index contributed by atoms with van der Waals surface area (Å²) < 4.78 is 30.1. The SMILES string of the molecule is C[C@H](Sc1nnc([C@H]2COc3ccccc3O2)o1)C(=O)NCc1ccc(F)cc1. The second kappa shape index (κ2) is 8.52. The van der Waals surface area contributed by atoms with Gasteiger partial charge >= 0.3 is 0 Å². The van der Waals surface area contributed by atoms with E-state index in [0.29, 0.717) is 23.9 Å². The van der Waals surface area contributed by atoms with Gasteiger partial charge in [0.05, 0.1) is 5.25 Å². The first kappa shape index (κ1) is 19.3. The fourth-order valence-electron chi connectivity index (χ4n) is 2.68. The van der Waals surface area contributed by atoms with Crippen molar-refractivity contribution in [2.75, 3.05) is 6.61 Å². The van der Waals surface area contributed by atoms with E-state index in [2.05, 4.69) is 15.5 Å². The van der Waals surface area contributed by atoms with Gasteiger partial charge in [0.2, 0.25) is 12.0 Å². The van der Waals surface area contributed by atoms with Crippen molar-refractivity contribution < 1.29 is 23.1 Å². The smallest absolute Gasteiger partial charge is 0.277 e. The molecule has 1 aromatic heterocycles. The Morgan fingerprint density at radius 2 is 1.97 bits per heavy atom. The van der Waals surface area contributed by atoms with Crippen LogP contribution in [-0.4, -0.2) is 28.0 Å². The van der Waals surface area contributed by atoms with Crippen molar-refractivity contribution in [3.05, 3.63) is 65.8 Å². The van der Waals surface area contributed by atoms with Crippen molar-refractivity contribution in [3.63, 3.8) is 0 Å². The summed E-state index contributed by atoms with van der Waals surface area (Å²) >= 11 is 1.15. The van der Waals surface area contributed by atoms with E-state index in [1.54, 1.807) is 25.1 Å². The minimum absolute atomic E-state index is 0.190. The summed E-state index contributed by atoms with van der Waals surface area (Å²) in [6.07, 6.45) is -0.505. The Kier molecular flexibility index (Phi) is 5.66.